The zero-order valence-corrected chi connectivity index (χ0v) is 7.54. The van der Waals surface area contributed by atoms with E-state index in [1.165, 1.54) is 13.3 Å². The summed E-state index contributed by atoms with van der Waals surface area (Å²) >= 11 is 5.62. The fraction of sp³-hybridized carbons (Fsp3) is 0.429. The highest BCUT2D eigenvalue weighted by Crippen LogP contribution is 2.20. The van der Waals surface area contributed by atoms with Gasteiger partial charge in [0.25, 0.3) is 5.88 Å². The molecule has 1 aromatic rings. The Labute approximate surface area is 75.2 Å². The Morgan fingerprint density at radius 3 is 2.83 bits per heavy atom. The number of methoxy groups -OCH3 is 1. The van der Waals surface area contributed by atoms with Crippen molar-refractivity contribution in [3.8, 4) is 5.88 Å². The highest BCUT2D eigenvalue weighted by Gasteiger charge is 2.08. The van der Waals surface area contributed by atoms with Gasteiger partial charge in [0.2, 0.25) is 0 Å². The lowest BCUT2D eigenvalue weighted by Gasteiger charge is -2.05. The normalized spacial score (nSPS) is 12.7. The minimum atomic E-state index is -0.663. The summed E-state index contributed by atoms with van der Waals surface area (Å²) in [6.07, 6.45) is 0.749. The summed E-state index contributed by atoms with van der Waals surface area (Å²) < 4.78 is 4.82. The van der Waals surface area contributed by atoms with Crippen molar-refractivity contribution in [2.75, 3.05) is 7.11 Å². The van der Waals surface area contributed by atoms with Gasteiger partial charge in [-0.3, -0.25) is 0 Å². The Morgan fingerprint density at radius 1 is 1.67 bits per heavy atom. The highest BCUT2D eigenvalue weighted by molar-refractivity contribution is 6.30. The second-order valence-electron chi connectivity index (χ2n) is 2.27. The molecule has 0 aromatic carbocycles. The van der Waals surface area contributed by atoms with Gasteiger partial charge in [0.1, 0.15) is 0 Å². The molecule has 0 aliphatic carbocycles. The lowest BCUT2D eigenvalue weighted by Crippen LogP contribution is -1.99. The van der Waals surface area contributed by atoms with Crippen molar-refractivity contribution in [1.29, 1.82) is 0 Å². The number of aromatic nitrogens is 2. The van der Waals surface area contributed by atoms with Gasteiger partial charge < -0.3 is 9.84 Å². The molecule has 1 rings (SSSR count). The standard InChI is InChI=1S/C7H9ClN2O2/c1-4(11)5-3-9-6(8)7(10-5)12-2/h3-4,11H,1-2H3. The lowest BCUT2D eigenvalue weighted by atomic mass is 10.3. The Hall–Kier alpha value is -0.870. The van der Waals surface area contributed by atoms with Crippen molar-refractivity contribution in [3.63, 3.8) is 0 Å². The summed E-state index contributed by atoms with van der Waals surface area (Å²) in [6, 6.07) is 0. The van der Waals surface area contributed by atoms with Crippen LogP contribution in [0, 0.1) is 0 Å². The number of aliphatic hydroxyl groups excluding tert-OH is 1. The number of hydrogen-bond acceptors (Lipinski definition) is 4. The molecule has 1 aromatic heterocycles. The molecule has 0 aliphatic rings. The summed E-state index contributed by atoms with van der Waals surface area (Å²) in [4.78, 5) is 7.71. The third kappa shape index (κ3) is 1.84. The minimum Gasteiger partial charge on any atom is -0.479 e. The van der Waals surface area contributed by atoms with Crippen molar-refractivity contribution < 1.29 is 9.84 Å². The maximum atomic E-state index is 9.13. The van der Waals surface area contributed by atoms with Crippen molar-refractivity contribution in [1.82, 2.24) is 9.97 Å². The van der Waals surface area contributed by atoms with E-state index in [1.54, 1.807) is 6.92 Å². The molecule has 1 heterocycles. The van der Waals surface area contributed by atoms with Crippen molar-refractivity contribution in [2.24, 2.45) is 0 Å². The number of hydrogen-bond donors (Lipinski definition) is 1. The third-order valence-electron chi connectivity index (χ3n) is 1.34. The SMILES string of the molecule is COc1nc(C(C)O)cnc1Cl. The Morgan fingerprint density at radius 2 is 2.33 bits per heavy atom. The van der Waals surface area contributed by atoms with E-state index in [4.69, 9.17) is 21.4 Å². The van der Waals surface area contributed by atoms with Crippen LogP contribution in [-0.4, -0.2) is 22.2 Å². The van der Waals surface area contributed by atoms with E-state index in [1.807, 2.05) is 0 Å². The second-order valence-corrected chi connectivity index (χ2v) is 2.63. The molecule has 5 heteroatoms. The zero-order valence-electron chi connectivity index (χ0n) is 6.78. The molecular weight excluding hydrogens is 180 g/mol. The van der Waals surface area contributed by atoms with E-state index in [-0.39, 0.29) is 11.0 Å². The smallest absolute Gasteiger partial charge is 0.252 e. The largest absolute Gasteiger partial charge is 0.479 e. The third-order valence-corrected chi connectivity index (χ3v) is 1.60. The summed E-state index contributed by atoms with van der Waals surface area (Å²) in [7, 11) is 1.45. The van der Waals surface area contributed by atoms with Gasteiger partial charge in [-0.05, 0) is 6.92 Å². The van der Waals surface area contributed by atoms with Gasteiger partial charge in [-0.15, -0.1) is 0 Å². The van der Waals surface area contributed by atoms with Gasteiger partial charge in [0.15, 0.2) is 5.15 Å². The molecule has 12 heavy (non-hydrogen) atoms. The molecule has 4 nitrogen and oxygen atoms in total. The lowest BCUT2D eigenvalue weighted by molar-refractivity contribution is 0.192. The average molecular weight is 189 g/mol. The van der Waals surface area contributed by atoms with Gasteiger partial charge in [-0.2, -0.15) is 0 Å². The molecule has 0 spiro atoms. The predicted octanol–water partition coefficient (Wildman–Crippen LogP) is 1.19. The fourth-order valence-electron chi connectivity index (χ4n) is 0.701. The van der Waals surface area contributed by atoms with Crippen molar-refractivity contribution >= 4 is 11.6 Å². The fourth-order valence-corrected chi connectivity index (χ4v) is 0.870. The van der Waals surface area contributed by atoms with Gasteiger partial charge in [-0.25, -0.2) is 9.97 Å². The molecule has 0 aliphatic heterocycles. The van der Waals surface area contributed by atoms with Crippen LogP contribution in [0.3, 0.4) is 0 Å². The van der Waals surface area contributed by atoms with Gasteiger partial charge in [-0.1, -0.05) is 11.6 Å². The summed E-state index contributed by atoms with van der Waals surface area (Å²) in [6.45, 7) is 1.59. The van der Waals surface area contributed by atoms with Crippen LogP contribution in [0.5, 0.6) is 5.88 Å². The second kappa shape index (κ2) is 3.69. The first kappa shape index (κ1) is 9.22. The van der Waals surface area contributed by atoms with Crippen LogP contribution < -0.4 is 4.74 Å². The molecule has 0 saturated heterocycles. The van der Waals surface area contributed by atoms with Crippen LogP contribution in [-0.2, 0) is 0 Å². The molecule has 0 saturated carbocycles. The number of ether oxygens (including phenoxy) is 1. The Balaban J connectivity index is 3.05. The van der Waals surface area contributed by atoms with Crippen LogP contribution in [0.1, 0.15) is 18.7 Å². The predicted molar refractivity (Wildman–Crippen MR) is 44.2 cm³/mol. The highest BCUT2D eigenvalue weighted by atomic mass is 35.5. The first-order valence-corrected chi connectivity index (χ1v) is 3.77. The van der Waals surface area contributed by atoms with E-state index in [0.29, 0.717) is 5.69 Å². The molecular formula is C7H9ClN2O2. The molecule has 0 radical (unpaired) electrons. The summed E-state index contributed by atoms with van der Waals surface area (Å²) in [5.74, 6) is 0.232. The van der Waals surface area contributed by atoms with E-state index >= 15 is 0 Å². The van der Waals surface area contributed by atoms with Crippen LogP contribution in [0.25, 0.3) is 0 Å². The van der Waals surface area contributed by atoms with Gasteiger partial charge in [0, 0.05) is 0 Å². The van der Waals surface area contributed by atoms with E-state index in [0.717, 1.165) is 0 Å². The van der Waals surface area contributed by atoms with Crippen molar-refractivity contribution in [3.05, 3.63) is 17.0 Å². The first-order chi connectivity index (χ1) is 5.65. The van der Waals surface area contributed by atoms with E-state index < -0.39 is 6.10 Å². The first-order valence-electron chi connectivity index (χ1n) is 3.39. The van der Waals surface area contributed by atoms with Gasteiger partial charge >= 0.3 is 0 Å². The summed E-state index contributed by atoms with van der Waals surface area (Å²) in [5.41, 5.74) is 0.441. The number of rotatable bonds is 2. The number of halogens is 1. The monoisotopic (exact) mass is 188 g/mol. The molecule has 1 N–H and O–H groups in total. The quantitative estimate of drug-likeness (QED) is 0.758. The van der Waals surface area contributed by atoms with Crippen LogP contribution in [0.4, 0.5) is 0 Å². The van der Waals surface area contributed by atoms with E-state index in [2.05, 4.69) is 9.97 Å². The zero-order chi connectivity index (χ0) is 9.14. The van der Waals surface area contributed by atoms with Gasteiger partial charge in [0.05, 0.1) is 25.1 Å². The Bertz CT molecular complexity index is 278. The average Bonchev–Trinajstić information content (AvgIpc) is 2.05. The van der Waals surface area contributed by atoms with Crippen LogP contribution >= 0.6 is 11.6 Å². The summed E-state index contributed by atoms with van der Waals surface area (Å²) in [5, 5.41) is 9.33. The molecule has 0 bridgehead atoms. The van der Waals surface area contributed by atoms with Crippen LogP contribution in [0.15, 0.2) is 6.20 Å². The molecule has 0 fully saturated rings. The minimum absolute atomic E-state index is 0.196. The number of aliphatic hydroxyl groups is 1. The maximum Gasteiger partial charge on any atom is 0.252 e. The number of nitrogens with zero attached hydrogens (tertiary/aromatic N) is 2. The molecule has 0 amide bonds. The van der Waals surface area contributed by atoms with E-state index in [9.17, 15) is 0 Å². The van der Waals surface area contributed by atoms with Crippen molar-refractivity contribution in [2.45, 2.75) is 13.0 Å². The Kier molecular flexibility index (Phi) is 2.83. The molecule has 1 unspecified atom stereocenters. The van der Waals surface area contributed by atoms with Crippen LogP contribution in [0.2, 0.25) is 5.15 Å². The molecule has 1 atom stereocenters. The maximum absolute atomic E-state index is 9.13. The molecule has 66 valence electrons. The topological polar surface area (TPSA) is 55.2 Å².